The van der Waals surface area contributed by atoms with Crippen LogP contribution in [0.1, 0.15) is 30.0 Å². The Labute approximate surface area is 188 Å². The van der Waals surface area contributed by atoms with Crippen molar-refractivity contribution in [3.8, 4) is 11.5 Å². The van der Waals surface area contributed by atoms with Gasteiger partial charge in [-0.1, -0.05) is 25.6 Å². The van der Waals surface area contributed by atoms with Crippen LogP contribution < -0.4 is 20.7 Å². The molecule has 2 aromatic heterocycles. The van der Waals surface area contributed by atoms with E-state index < -0.39 is 11.2 Å². The van der Waals surface area contributed by atoms with Gasteiger partial charge in [0.2, 0.25) is 0 Å². The van der Waals surface area contributed by atoms with Crippen LogP contribution in [0.4, 0.5) is 0 Å². The molecule has 0 radical (unpaired) electrons. The molecule has 3 heterocycles. The zero-order valence-corrected chi connectivity index (χ0v) is 19.2. The third-order valence-electron chi connectivity index (χ3n) is 5.01. The summed E-state index contributed by atoms with van der Waals surface area (Å²) in [4.78, 5) is 47.3. The molecule has 1 aliphatic rings. The van der Waals surface area contributed by atoms with Crippen molar-refractivity contribution in [2.75, 3.05) is 19.0 Å². The number of hydrogen-bond acceptors (Lipinski definition) is 8. The summed E-state index contributed by atoms with van der Waals surface area (Å²) in [5, 5.41) is 0.634. The Morgan fingerprint density at radius 1 is 1.16 bits per heavy atom. The average Bonchev–Trinajstić information content (AvgIpc) is 2.77. The van der Waals surface area contributed by atoms with Crippen molar-refractivity contribution in [3.63, 3.8) is 0 Å². The minimum absolute atomic E-state index is 0.0671. The second-order valence-electron chi connectivity index (χ2n) is 8.00. The van der Waals surface area contributed by atoms with Gasteiger partial charge in [0.25, 0.3) is 5.56 Å². The van der Waals surface area contributed by atoms with E-state index in [-0.39, 0.29) is 22.8 Å². The van der Waals surface area contributed by atoms with Crippen LogP contribution in [0.5, 0.6) is 11.5 Å². The molecule has 3 aromatic rings. The van der Waals surface area contributed by atoms with Crippen LogP contribution in [0.2, 0.25) is 0 Å². The number of carbonyl (C=O) groups is 1. The molecule has 1 aromatic carbocycles. The van der Waals surface area contributed by atoms with Gasteiger partial charge in [0.05, 0.1) is 5.75 Å². The number of aromatic nitrogens is 4. The molecule has 0 unspecified atom stereocenters. The van der Waals surface area contributed by atoms with E-state index in [0.29, 0.717) is 53.3 Å². The summed E-state index contributed by atoms with van der Waals surface area (Å²) in [6, 6.07) is 5.08. The van der Waals surface area contributed by atoms with Gasteiger partial charge in [0.15, 0.2) is 22.9 Å². The molecule has 0 atom stereocenters. The maximum absolute atomic E-state index is 12.9. The Morgan fingerprint density at radius 3 is 2.59 bits per heavy atom. The molecule has 4 rings (SSSR count). The van der Waals surface area contributed by atoms with Gasteiger partial charge in [-0.15, -0.1) is 0 Å². The zero-order valence-electron chi connectivity index (χ0n) is 18.4. The first kappa shape index (κ1) is 22.1. The van der Waals surface area contributed by atoms with E-state index in [4.69, 9.17) is 9.47 Å². The zero-order chi connectivity index (χ0) is 23.0. The molecule has 32 heavy (non-hydrogen) atoms. The van der Waals surface area contributed by atoms with Crippen molar-refractivity contribution in [2.24, 2.45) is 13.0 Å². The van der Waals surface area contributed by atoms with Gasteiger partial charge in [0, 0.05) is 19.2 Å². The normalized spacial score (nSPS) is 13.0. The lowest BCUT2D eigenvalue weighted by molar-refractivity contribution is 0.102. The lowest BCUT2D eigenvalue weighted by Crippen LogP contribution is -2.39. The lowest BCUT2D eigenvalue weighted by Gasteiger charge is -2.18. The fourth-order valence-electron chi connectivity index (χ4n) is 3.51. The number of rotatable bonds is 6. The molecule has 0 bridgehead atoms. The highest BCUT2D eigenvalue weighted by Crippen LogP contribution is 2.31. The highest BCUT2D eigenvalue weighted by Gasteiger charge is 2.20. The molecule has 0 N–H and O–H groups in total. The molecule has 1 aliphatic heterocycles. The average molecular weight is 457 g/mol. The van der Waals surface area contributed by atoms with E-state index in [1.54, 1.807) is 25.1 Å². The minimum Gasteiger partial charge on any atom is -0.486 e. The minimum atomic E-state index is -0.473. The number of hydrogen-bond donors (Lipinski definition) is 0. The highest BCUT2D eigenvalue weighted by molar-refractivity contribution is 8.00. The summed E-state index contributed by atoms with van der Waals surface area (Å²) < 4.78 is 13.6. The van der Waals surface area contributed by atoms with Crippen LogP contribution >= 0.6 is 11.8 Å². The quantitative estimate of drug-likeness (QED) is 0.316. The molecule has 168 valence electrons. The predicted molar refractivity (Wildman–Crippen MR) is 121 cm³/mol. The van der Waals surface area contributed by atoms with E-state index >= 15 is 0 Å². The molecular formula is C22H24N4O5S. The fourth-order valence-corrected chi connectivity index (χ4v) is 4.46. The smallest absolute Gasteiger partial charge is 0.332 e. The Kier molecular flexibility index (Phi) is 6.05. The van der Waals surface area contributed by atoms with Gasteiger partial charge in [-0.05, 0) is 31.0 Å². The topological polar surface area (TPSA) is 105 Å². The van der Waals surface area contributed by atoms with Crippen molar-refractivity contribution in [3.05, 3.63) is 50.4 Å². The molecule has 9 nitrogen and oxygen atoms in total. The van der Waals surface area contributed by atoms with E-state index in [9.17, 15) is 14.4 Å². The van der Waals surface area contributed by atoms with E-state index in [1.165, 1.54) is 11.6 Å². The first-order valence-corrected chi connectivity index (χ1v) is 11.3. The molecule has 0 aliphatic carbocycles. The van der Waals surface area contributed by atoms with Gasteiger partial charge in [-0.2, -0.15) is 0 Å². The standard InChI is InChI=1S/C22H24N4O5S/c1-12(2)10-26-19-18(21(28)25(4)22(26)29)20(24-13(3)23-19)32-11-15(27)14-5-6-16-17(9-14)31-8-7-30-16/h5-6,9,12H,7-8,10-11H2,1-4H3. The monoisotopic (exact) mass is 456 g/mol. The third-order valence-corrected chi connectivity index (χ3v) is 5.99. The van der Waals surface area contributed by atoms with Crippen LogP contribution in [0.15, 0.2) is 32.8 Å². The second kappa shape index (κ2) is 8.78. The predicted octanol–water partition coefficient (Wildman–Crippen LogP) is 2.20. The SMILES string of the molecule is Cc1nc(SCC(=O)c2ccc3c(c2)OCCO3)c2c(=O)n(C)c(=O)n(CC(C)C)c2n1. The van der Waals surface area contributed by atoms with Gasteiger partial charge >= 0.3 is 5.69 Å². The molecule has 10 heteroatoms. The van der Waals surface area contributed by atoms with Crippen LogP contribution in [-0.2, 0) is 13.6 Å². The van der Waals surface area contributed by atoms with Crippen molar-refractivity contribution in [2.45, 2.75) is 32.3 Å². The Morgan fingerprint density at radius 2 is 1.88 bits per heavy atom. The Hall–Kier alpha value is -3.14. The van der Waals surface area contributed by atoms with E-state index in [0.717, 1.165) is 16.3 Å². The summed E-state index contributed by atoms with van der Waals surface area (Å²) in [5.41, 5.74) is -0.105. The number of fused-ring (bicyclic) bond motifs is 2. The number of carbonyl (C=O) groups excluding carboxylic acids is 1. The number of ketones is 1. The third kappa shape index (κ3) is 4.14. The van der Waals surface area contributed by atoms with Gasteiger partial charge in [-0.3, -0.25) is 18.7 Å². The maximum Gasteiger partial charge on any atom is 0.332 e. The molecule has 0 saturated heterocycles. The fraction of sp³-hybridized carbons (Fsp3) is 0.409. The molecule has 0 fully saturated rings. The first-order valence-electron chi connectivity index (χ1n) is 10.3. The van der Waals surface area contributed by atoms with Crippen molar-refractivity contribution in [1.29, 1.82) is 0 Å². The molecular weight excluding hydrogens is 432 g/mol. The summed E-state index contributed by atoms with van der Waals surface area (Å²) in [7, 11) is 1.44. The molecule has 0 amide bonds. The Bertz CT molecular complexity index is 1330. The van der Waals surface area contributed by atoms with Crippen LogP contribution in [-0.4, -0.2) is 43.9 Å². The van der Waals surface area contributed by atoms with Gasteiger partial charge in [0.1, 0.15) is 29.5 Å². The van der Waals surface area contributed by atoms with Crippen LogP contribution in [0.3, 0.4) is 0 Å². The largest absolute Gasteiger partial charge is 0.486 e. The summed E-state index contributed by atoms with van der Waals surface area (Å²) in [6.45, 7) is 7.01. The number of aryl methyl sites for hydroxylation is 1. The summed E-state index contributed by atoms with van der Waals surface area (Å²) in [6.07, 6.45) is 0. The number of Topliss-reactive ketones (excluding diaryl/α,β-unsaturated/α-hetero) is 1. The maximum atomic E-state index is 12.9. The Balaban J connectivity index is 1.70. The first-order chi connectivity index (χ1) is 15.3. The lowest BCUT2D eigenvalue weighted by atomic mass is 10.1. The number of ether oxygens (including phenoxy) is 2. The van der Waals surface area contributed by atoms with Gasteiger partial charge in [-0.25, -0.2) is 14.8 Å². The second-order valence-corrected chi connectivity index (χ2v) is 8.96. The van der Waals surface area contributed by atoms with Crippen molar-refractivity contribution in [1.82, 2.24) is 19.1 Å². The summed E-state index contributed by atoms with van der Waals surface area (Å²) >= 11 is 1.16. The summed E-state index contributed by atoms with van der Waals surface area (Å²) in [5.74, 6) is 1.70. The van der Waals surface area contributed by atoms with Crippen LogP contribution in [0.25, 0.3) is 11.0 Å². The number of benzene rings is 1. The highest BCUT2D eigenvalue weighted by atomic mass is 32.2. The van der Waals surface area contributed by atoms with Crippen molar-refractivity contribution < 1.29 is 14.3 Å². The van der Waals surface area contributed by atoms with Crippen molar-refractivity contribution >= 4 is 28.6 Å². The van der Waals surface area contributed by atoms with Crippen LogP contribution in [0, 0.1) is 12.8 Å². The molecule has 0 spiro atoms. The van der Waals surface area contributed by atoms with Gasteiger partial charge < -0.3 is 9.47 Å². The number of thioether (sulfide) groups is 1. The van der Waals surface area contributed by atoms with E-state index in [2.05, 4.69) is 9.97 Å². The van der Waals surface area contributed by atoms with E-state index in [1.807, 2.05) is 13.8 Å². The number of nitrogens with zero attached hydrogens (tertiary/aromatic N) is 4. The molecule has 0 saturated carbocycles.